The maximum Gasteiger partial charge on any atom is 0.236 e. The molecular weight excluding hydrogens is 282 g/mol. The maximum absolute atomic E-state index is 5.59. The van der Waals surface area contributed by atoms with Crippen LogP contribution in [0.2, 0.25) is 0 Å². The third kappa shape index (κ3) is 3.93. The zero-order valence-electron chi connectivity index (χ0n) is 12.8. The Kier molecular flexibility index (Phi) is 4.73. The number of piperazine rings is 1. The molecule has 3 rings (SSSR count). The normalized spacial score (nSPS) is 17.7. The number of aromatic nitrogens is 1. The van der Waals surface area contributed by atoms with Crippen LogP contribution < -0.4 is 0 Å². The van der Waals surface area contributed by atoms with E-state index in [9.17, 15) is 0 Å². The number of rotatable bonds is 5. The highest BCUT2D eigenvalue weighted by atomic mass is 32.1. The van der Waals surface area contributed by atoms with Crippen LogP contribution in [-0.2, 0) is 6.54 Å². The molecule has 21 heavy (non-hydrogen) atoms. The molecule has 0 amide bonds. The monoisotopic (exact) mass is 305 g/mol. The fraction of sp³-hybridized carbons (Fsp3) is 0.562. The summed E-state index contributed by atoms with van der Waals surface area (Å²) in [6.07, 6.45) is 1.80. The van der Waals surface area contributed by atoms with E-state index in [-0.39, 0.29) is 0 Å². The Balaban J connectivity index is 1.52. The van der Waals surface area contributed by atoms with Gasteiger partial charge in [-0.15, -0.1) is 11.3 Å². The molecule has 4 nitrogen and oxygen atoms in total. The van der Waals surface area contributed by atoms with Crippen molar-refractivity contribution in [3.05, 3.63) is 29.5 Å². The van der Waals surface area contributed by atoms with Crippen molar-refractivity contribution in [2.75, 3.05) is 32.7 Å². The SMILES string of the molecule is CC(C)CN1CCN(Cc2coc(-c3cccs3)n2)CC1. The molecule has 1 aliphatic rings. The van der Waals surface area contributed by atoms with Crippen molar-refractivity contribution >= 4 is 11.3 Å². The van der Waals surface area contributed by atoms with Gasteiger partial charge in [-0.05, 0) is 17.4 Å². The van der Waals surface area contributed by atoms with Crippen LogP contribution in [0.1, 0.15) is 19.5 Å². The van der Waals surface area contributed by atoms with Gasteiger partial charge in [0.25, 0.3) is 0 Å². The summed E-state index contributed by atoms with van der Waals surface area (Å²) in [6.45, 7) is 11.2. The van der Waals surface area contributed by atoms with Crippen molar-refractivity contribution in [2.24, 2.45) is 5.92 Å². The Morgan fingerprint density at radius 2 is 2.00 bits per heavy atom. The molecule has 5 heteroatoms. The molecular formula is C16H23N3OS. The largest absolute Gasteiger partial charge is 0.444 e. The summed E-state index contributed by atoms with van der Waals surface area (Å²) in [5.41, 5.74) is 1.04. The summed E-state index contributed by atoms with van der Waals surface area (Å²) >= 11 is 1.66. The molecule has 2 aromatic heterocycles. The Morgan fingerprint density at radius 3 is 2.67 bits per heavy atom. The predicted molar refractivity (Wildman–Crippen MR) is 86.4 cm³/mol. The van der Waals surface area contributed by atoms with Crippen molar-refractivity contribution in [2.45, 2.75) is 20.4 Å². The van der Waals surface area contributed by atoms with Crippen LogP contribution >= 0.6 is 11.3 Å². The molecule has 0 spiro atoms. The Bertz CT molecular complexity index is 542. The van der Waals surface area contributed by atoms with Gasteiger partial charge in [-0.1, -0.05) is 19.9 Å². The Hall–Kier alpha value is -1.17. The van der Waals surface area contributed by atoms with E-state index in [1.54, 1.807) is 17.6 Å². The van der Waals surface area contributed by atoms with Gasteiger partial charge < -0.3 is 9.32 Å². The third-order valence-electron chi connectivity index (χ3n) is 3.76. The molecule has 0 N–H and O–H groups in total. The molecule has 1 aliphatic heterocycles. The molecule has 3 heterocycles. The van der Waals surface area contributed by atoms with Gasteiger partial charge in [0, 0.05) is 39.3 Å². The number of hydrogen-bond acceptors (Lipinski definition) is 5. The maximum atomic E-state index is 5.59. The van der Waals surface area contributed by atoms with E-state index < -0.39 is 0 Å². The first-order chi connectivity index (χ1) is 10.2. The molecule has 0 radical (unpaired) electrons. The second kappa shape index (κ2) is 6.73. The van der Waals surface area contributed by atoms with Gasteiger partial charge >= 0.3 is 0 Å². The first-order valence-corrected chi connectivity index (χ1v) is 8.51. The zero-order chi connectivity index (χ0) is 14.7. The van der Waals surface area contributed by atoms with Gasteiger partial charge in [0.05, 0.1) is 10.6 Å². The minimum Gasteiger partial charge on any atom is -0.444 e. The molecule has 0 bridgehead atoms. The molecule has 114 valence electrons. The average molecular weight is 305 g/mol. The fourth-order valence-electron chi connectivity index (χ4n) is 2.77. The summed E-state index contributed by atoms with van der Waals surface area (Å²) in [5.74, 6) is 1.50. The van der Waals surface area contributed by atoms with Crippen molar-refractivity contribution in [3.63, 3.8) is 0 Å². The fourth-order valence-corrected chi connectivity index (χ4v) is 3.42. The summed E-state index contributed by atoms with van der Waals surface area (Å²) in [5, 5.41) is 2.05. The lowest BCUT2D eigenvalue weighted by Crippen LogP contribution is -2.46. The number of nitrogens with zero attached hydrogens (tertiary/aromatic N) is 3. The van der Waals surface area contributed by atoms with Crippen LogP contribution in [0.15, 0.2) is 28.2 Å². The van der Waals surface area contributed by atoms with E-state index in [0.717, 1.165) is 55.1 Å². The topological polar surface area (TPSA) is 32.5 Å². The third-order valence-corrected chi connectivity index (χ3v) is 4.62. The first-order valence-electron chi connectivity index (χ1n) is 7.63. The lowest BCUT2D eigenvalue weighted by atomic mass is 10.2. The van der Waals surface area contributed by atoms with Crippen LogP contribution in [0.4, 0.5) is 0 Å². The van der Waals surface area contributed by atoms with Gasteiger partial charge in [0.15, 0.2) is 0 Å². The van der Waals surface area contributed by atoms with Crippen molar-refractivity contribution in [1.82, 2.24) is 14.8 Å². The summed E-state index contributed by atoms with van der Waals surface area (Å²) < 4.78 is 5.59. The summed E-state index contributed by atoms with van der Waals surface area (Å²) in [6, 6.07) is 4.07. The standard InChI is InChI=1S/C16H23N3OS/c1-13(2)10-18-5-7-19(8-6-18)11-14-12-20-16(17-14)15-4-3-9-21-15/h3-4,9,12-13H,5-8,10-11H2,1-2H3. The summed E-state index contributed by atoms with van der Waals surface area (Å²) in [4.78, 5) is 10.7. The molecule has 0 aliphatic carbocycles. The molecule has 2 aromatic rings. The average Bonchev–Trinajstić information content (AvgIpc) is 3.11. The van der Waals surface area contributed by atoms with Gasteiger partial charge in [-0.2, -0.15) is 0 Å². The van der Waals surface area contributed by atoms with Crippen LogP contribution in [-0.4, -0.2) is 47.5 Å². The van der Waals surface area contributed by atoms with E-state index in [1.165, 1.54) is 6.54 Å². The minimum atomic E-state index is 0.749. The van der Waals surface area contributed by atoms with Crippen LogP contribution in [0.25, 0.3) is 10.8 Å². The highest BCUT2D eigenvalue weighted by molar-refractivity contribution is 7.13. The Labute approximate surface area is 130 Å². The molecule has 0 atom stereocenters. The lowest BCUT2D eigenvalue weighted by molar-refractivity contribution is 0.116. The van der Waals surface area contributed by atoms with Crippen LogP contribution in [0.3, 0.4) is 0 Å². The highest BCUT2D eigenvalue weighted by Gasteiger charge is 2.18. The van der Waals surface area contributed by atoms with Crippen molar-refractivity contribution in [3.8, 4) is 10.8 Å². The van der Waals surface area contributed by atoms with Crippen molar-refractivity contribution in [1.29, 1.82) is 0 Å². The van der Waals surface area contributed by atoms with Gasteiger partial charge in [-0.3, -0.25) is 4.90 Å². The molecule has 1 fully saturated rings. The van der Waals surface area contributed by atoms with Gasteiger partial charge in [0.2, 0.25) is 5.89 Å². The molecule has 1 saturated heterocycles. The van der Waals surface area contributed by atoms with Crippen molar-refractivity contribution < 1.29 is 4.42 Å². The quantitative estimate of drug-likeness (QED) is 0.849. The number of oxazole rings is 1. The van der Waals surface area contributed by atoms with E-state index in [4.69, 9.17) is 4.42 Å². The minimum absolute atomic E-state index is 0.749. The van der Waals surface area contributed by atoms with E-state index in [1.807, 2.05) is 17.5 Å². The first kappa shape index (κ1) is 14.8. The second-order valence-electron chi connectivity index (χ2n) is 6.09. The van der Waals surface area contributed by atoms with Crippen LogP contribution in [0.5, 0.6) is 0 Å². The van der Waals surface area contributed by atoms with Gasteiger partial charge in [0.1, 0.15) is 6.26 Å². The van der Waals surface area contributed by atoms with Gasteiger partial charge in [-0.25, -0.2) is 4.98 Å². The van der Waals surface area contributed by atoms with E-state index in [2.05, 4.69) is 28.6 Å². The predicted octanol–water partition coefficient (Wildman–Crippen LogP) is 3.18. The molecule has 0 aromatic carbocycles. The van der Waals surface area contributed by atoms with E-state index >= 15 is 0 Å². The Morgan fingerprint density at radius 1 is 1.24 bits per heavy atom. The molecule has 0 unspecified atom stereocenters. The smallest absolute Gasteiger partial charge is 0.236 e. The molecule has 0 saturated carbocycles. The highest BCUT2D eigenvalue weighted by Crippen LogP contribution is 2.24. The van der Waals surface area contributed by atoms with Crippen LogP contribution in [0, 0.1) is 5.92 Å². The second-order valence-corrected chi connectivity index (χ2v) is 7.04. The number of thiophene rings is 1. The number of hydrogen-bond donors (Lipinski definition) is 0. The lowest BCUT2D eigenvalue weighted by Gasteiger charge is -2.35. The van der Waals surface area contributed by atoms with E-state index in [0.29, 0.717) is 0 Å². The summed E-state index contributed by atoms with van der Waals surface area (Å²) in [7, 11) is 0. The zero-order valence-corrected chi connectivity index (χ0v) is 13.6.